The third-order valence-electron chi connectivity index (χ3n) is 4.33. The second-order valence-corrected chi connectivity index (χ2v) is 6.02. The summed E-state index contributed by atoms with van der Waals surface area (Å²) in [5, 5.41) is 10.2. The van der Waals surface area contributed by atoms with Crippen molar-refractivity contribution in [2.75, 3.05) is 11.9 Å². The van der Waals surface area contributed by atoms with E-state index in [4.69, 9.17) is 4.74 Å². The van der Waals surface area contributed by atoms with Gasteiger partial charge in [-0.3, -0.25) is 9.89 Å². The number of nitrogens with zero attached hydrogens (tertiary/aromatic N) is 2. The topological polar surface area (TPSA) is 79.9 Å². The van der Waals surface area contributed by atoms with Crippen LogP contribution < -0.4 is 10.1 Å². The van der Waals surface area contributed by atoms with Gasteiger partial charge in [0, 0.05) is 47.6 Å². The number of ketones is 1. The van der Waals surface area contributed by atoms with Gasteiger partial charge in [-0.1, -0.05) is 18.2 Å². The number of aromatic amines is 1. The standard InChI is InChI=1S/C19H18N4O2/c1-12(24)14-4-2-3-13(7-14)8-20-19-16-5-6-25-18(16)17(11-21-19)15-9-22-23-10-15/h2-4,7,9-11H,5-6,8H2,1H3,(H,20,21)(H,22,23). The van der Waals surface area contributed by atoms with Crippen molar-refractivity contribution in [1.29, 1.82) is 0 Å². The van der Waals surface area contributed by atoms with Gasteiger partial charge in [-0.15, -0.1) is 0 Å². The lowest BCUT2D eigenvalue weighted by molar-refractivity contribution is 0.101. The van der Waals surface area contributed by atoms with Crippen molar-refractivity contribution in [3.05, 3.63) is 59.5 Å². The molecule has 3 heterocycles. The molecule has 0 saturated heterocycles. The molecular formula is C19H18N4O2. The first-order valence-electron chi connectivity index (χ1n) is 8.20. The molecule has 0 bridgehead atoms. The first-order chi connectivity index (χ1) is 12.2. The highest BCUT2D eigenvalue weighted by Gasteiger charge is 2.22. The van der Waals surface area contributed by atoms with Crippen LogP contribution in [-0.4, -0.2) is 27.6 Å². The number of carbonyl (C=O) groups is 1. The van der Waals surface area contributed by atoms with Crippen LogP contribution in [0.15, 0.2) is 42.9 Å². The van der Waals surface area contributed by atoms with Gasteiger partial charge in [0.25, 0.3) is 0 Å². The summed E-state index contributed by atoms with van der Waals surface area (Å²) in [7, 11) is 0. The molecule has 0 amide bonds. The molecule has 0 spiro atoms. The van der Waals surface area contributed by atoms with Crippen molar-refractivity contribution >= 4 is 11.6 Å². The number of hydrogen-bond acceptors (Lipinski definition) is 5. The Kier molecular flexibility index (Phi) is 3.93. The number of pyridine rings is 1. The van der Waals surface area contributed by atoms with Crippen molar-refractivity contribution in [3.8, 4) is 16.9 Å². The number of H-pyrrole nitrogens is 1. The van der Waals surface area contributed by atoms with Crippen molar-refractivity contribution < 1.29 is 9.53 Å². The molecule has 0 fully saturated rings. The lowest BCUT2D eigenvalue weighted by atomic mass is 10.1. The van der Waals surface area contributed by atoms with Gasteiger partial charge in [0.15, 0.2) is 5.78 Å². The second kappa shape index (κ2) is 6.39. The number of anilines is 1. The Labute approximate surface area is 145 Å². The van der Waals surface area contributed by atoms with Gasteiger partial charge >= 0.3 is 0 Å². The summed E-state index contributed by atoms with van der Waals surface area (Å²) in [6.45, 7) is 2.83. The maximum absolute atomic E-state index is 11.5. The molecule has 0 radical (unpaired) electrons. The van der Waals surface area contributed by atoms with E-state index in [0.717, 1.165) is 45.8 Å². The molecule has 0 atom stereocenters. The van der Waals surface area contributed by atoms with Crippen LogP contribution in [0.2, 0.25) is 0 Å². The molecule has 0 saturated carbocycles. The Hall–Kier alpha value is -3.15. The van der Waals surface area contributed by atoms with E-state index >= 15 is 0 Å². The molecule has 3 aromatic rings. The minimum atomic E-state index is 0.0683. The van der Waals surface area contributed by atoms with E-state index in [1.165, 1.54) is 0 Å². The minimum absolute atomic E-state index is 0.0683. The van der Waals surface area contributed by atoms with Crippen LogP contribution in [0.3, 0.4) is 0 Å². The third kappa shape index (κ3) is 2.98. The Balaban J connectivity index is 1.59. The highest BCUT2D eigenvalue weighted by atomic mass is 16.5. The molecule has 25 heavy (non-hydrogen) atoms. The van der Waals surface area contributed by atoms with E-state index in [9.17, 15) is 4.79 Å². The Bertz CT molecular complexity index is 919. The molecule has 0 aliphatic carbocycles. The molecule has 126 valence electrons. The zero-order valence-corrected chi connectivity index (χ0v) is 13.9. The Morgan fingerprint density at radius 1 is 1.36 bits per heavy atom. The Morgan fingerprint density at radius 3 is 3.08 bits per heavy atom. The van der Waals surface area contributed by atoms with Gasteiger partial charge in [-0.25, -0.2) is 4.98 Å². The van der Waals surface area contributed by atoms with Gasteiger partial charge in [-0.05, 0) is 18.6 Å². The molecule has 2 N–H and O–H groups in total. The normalized spacial score (nSPS) is 12.5. The summed E-state index contributed by atoms with van der Waals surface area (Å²) in [5.74, 6) is 1.77. The van der Waals surface area contributed by atoms with Crippen molar-refractivity contribution in [2.45, 2.75) is 19.9 Å². The highest BCUT2D eigenvalue weighted by Crippen LogP contribution is 2.39. The third-order valence-corrected chi connectivity index (χ3v) is 4.33. The van der Waals surface area contributed by atoms with Crippen molar-refractivity contribution in [3.63, 3.8) is 0 Å². The summed E-state index contributed by atoms with van der Waals surface area (Å²) in [5.41, 5.74) is 4.76. The molecule has 2 aromatic heterocycles. The van der Waals surface area contributed by atoms with Crippen molar-refractivity contribution in [1.82, 2.24) is 15.2 Å². The largest absolute Gasteiger partial charge is 0.492 e. The van der Waals surface area contributed by atoms with Gasteiger partial charge in [-0.2, -0.15) is 5.10 Å². The van der Waals surface area contributed by atoms with Gasteiger partial charge in [0.05, 0.1) is 12.8 Å². The smallest absolute Gasteiger partial charge is 0.159 e. The molecule has 1 aromatic carbocycles. The quantitative estimate of drug-likeness (QED) is 0.700. The first kappa shape index (κ1) is 15.4. The fourth-order valence-electron chi connectivity index (χ4n) is 3.03. The lowest BCUT2D eigenvalue weighted by Crippen LogP contribution is -2.05. The zero-order chi connectivity index (χ0) is 17.2. The van der Waals surface area contributed by atoms with E-state index in [2.05, 4.69) is 20.5 Å². The van der Waals surface area contributed by atoms with E-state index < -0.39 is 0 Å². The summed E-state index contributed by atoms with van der Waals surface area (Å²) >= 11 is 0. The summed E-state index contributed by atoms with van der Waals surface area (Å²) < 4.78 is 5.83. The predicted molar refractivity (Wildman–Crippen MR) is 94.8 cm³/mol. The van der Waals surface area contributed by atoms with Crippen LogP contribution in [0, 0.1) is 0 Å². The maximum Gasteiger partial charge on any atom is 0.159 e. The number of aromatic nitrogens is 3. The number of carbonyl (C=O) groups excluding carboxylic acids is 1. The lowest BCUT2D eigenvalue weighted by Gasteiger charge is -2.12. The first-order valence-corrected chi connectivity index (χ1v) is 8.20. The number of ether oxygens (including phenoxy) is 1. The van der Waals surface area contributed by atoms with E-state index in [-0.39, 0.29) is 5.78 Å². The Morgan fingerprint density at radius 2 is 2.28 bits per heavy atom. The van der Waals surface area contributed by atoms with E-state index in [1.54, 1.807) is 13.1 Å². The average Bonchev–Trinajstić information content (AvgIpc) is 3.31. The molecule has 6 heteroatoms. The monoisotopic (exact) mass is 334 g/mol. The minimum Gasteiger partial charge on any atom is -0.492 e. The van der Waals surface area contributed by atoms with Crippen LogP contribution in [-0.2, 0) is 13.0 Å². The fraction of sp³-hybridized carbons (Fsp3) is 0.211. The number of fused-ring (bicyclic) bond motifs is 1. The SMILES string of the molecule is CC(=O)c1cccc(CNc2ncc(-c3cn[nH]c3)c3c2CCO3)c1. The fourth-order valence-corrected chi connectivity index (χ4v) is 3.03. The maximum atomic E-state index is 11.5. The predicted octanol–water partition coefficient (Wildman–Crippen LogP) is 3.22. The number of Topliss-reactive ketones (excluding diaryl/α,β-unsaturated/α-hetero) is 1. The van der Waals surface area contributed by atoms with Gasteiger partial charge in [0.1, 0.15) is 11.6 Å². The molecular weight excluding hydrogens is 316 g/mol. The molecule has 1 aliphatic rings. The second-order valence-electron chi connectivity index (χ2n) is 6.02. The van der Waals surface area contributed by atoms with E-state index in [1.807, 2.05) is 36.7 Å². The van der Waals surface area contributed by atoms with Crippen LogP contribution >= 0.6 is 0 Å². The summed E-state index contributed by atoms with van der Waals surface area (Å²) in [4.78, 5) is 16.1. The number of rotatable bonds is 5. The van der Waals surface area contributed by atoms with Gasteiger partial charge in [0.2, 0.25) is 0 Å². The highest BCUT2D eigenvalue weighted by molar-refractivity contribution is 5.94. The molecule has 6 nitrogen and oxygen atoms in total. The van der Waals surface area contributed by atoms with Crippen LogP contribution in [0.5, 0.6) is 5.75 Å². The van der Waals surface area contributed by atoms with E-state index in [0.29, 0.717) is 13.2 Å². The number of benzene rings is 1. The van der Waals surface area contributed by atoms with Crippen LogP contribution in [0.25, 0.3) is 11.1 Å². The molecule has 0 unspecified atom stereocenters. The molecule has 1 aliphatic heterocycles. The average molecular weight is 334 g/mol. The van der Waals surface area contributed by atoms with Crippen molar-refractivity contribution in [2.24, 2.45) is 0 Å². The number of nitrogens with one attached hydrogen (secondary N) is 2. The van der Waals surface area contributed by atoms with Crippen LogP contribution in [0.1, 0.15) is 28.4 Å². The summed E-state index contributed by atoms with van der Waals surface area (Å²) in [6.07, 6.45) is 6.23. The van der Waals surface area contributed by atoms with Crippen LogP contribution in [0.4, 0.5) is 5.82 Å². The van der Waals surface area contributed by atoms with Gasteiger partial charge < -0.3 is 10.1 Å². The summed E-state index contributed by atoms with van der Waals surface area (Å²) in [6, 6.07) is 7.63. The number of hydrogen-bond donors (Lipinski definition) is 2. The molecule has 4 rings (SSSR count). The zero-order valence-electron chi connectivity index (χ0n) is 13.9.